The van der Waals surface area contributed by atoms with Crippen LogP contribution in [-0.4, -0.2) is 22.7 Å². The van der Waals surface area contributed by atoms with Crippen molar-refractivity contribution in [1.29, 1.82) is 5.41 Å². The van der Waals surface area contributed by atoms with Gasteiger partial charge in [-0.2, -0.15) is 5.10 Å². The van der Waals surface area contributed by atoms with Crippen molar-refractivity contribution in [3.05, 3.63) is 47.3 Å². The number of benzene rings is 1. The molecule has 1 heterocycles. The van der Waals surface area contributed by atoms with Crippen molar-refractivity contribution in [2.75, 3.05) is 11.9 Å². The highest BCUT2D eigenvalue weighted by atomic mass is 15.3. The Hall–Kier alpha value is -2.30. The van der Waals surface area contributed by atoms with Crippen LogP contribution in [0.25, 0.3) is 0 Å². The van der Waals surface area contributed by atoms with Crippen LogP contribution in [0.3, 0.4) is 0 Å². The third-order valence-corrected chi connectivity index (χ3v) is 3.39. The maximum atomic E-state index is 7.50. The Kier molecular flexibility index (Phi) is 4.08. The number of hydrogen-bond acceptors (Lipinski definition) is 3. The van der Waals surface area contributed by atoms with Gasteiger partial charge < -0.3 is 10.6 Å². The van der Waals surface area contributed by atoms with E-state index >= 15 is 0 Å². The zero-order valence-corrected chi connectivity index (χ0v) is 12.2. The van der Waals surface area contributed by atoms with Gasteiger partial charge in [-0.05, 0) is 24.6 Å². The molecule has 2 rings (SSSR count). The highest BCUT2D eigenvalue weighted by molar-refractivity contribution is 5.95. The summed E-state index contributed by atoms with van der Waals surface area (Å²) < 4.78 is 1.92. The summed E-state index contributed by atoms with van der Waals surface area (Å²) in [7, 11) is 3.99. The molecule has 0 aliphatic heterocycles. The largest absolute Gasteiger partial charge is 0.384 e. The molecule has 0 aliphatic rings. The number of nitrogens with two attached hydrogens (primary N) is 1. The molecule has 1 aromatic carbocycles. The molecule has 5 heteroatoms. The zero-order valence-electron chi connectivity index (χ0n) is 12.2. The van der Waals surface area contributed by atoms with E-state index in [-0.39, 0.29) is 5.84 Å². The molecule has 5 nitrogen and oxygen atoms in total. The normalized spacial score (nSPS) is 10.6. The summed E-state index contributed by atoms with van der Waals surface area (Å²) >= 11 is 0. The molecule has 0 radical (unpaired) electrons. The molecule has 0 aliphatic carbocycles. The van der Waals surface area contributed by atoms with Crippen LogP contribution < -0.4 is 10.6 Å². The summed E-state index contributed by atoms with van der Waals surface area (Å²) in [6, 6.07) is 9.84. The van der Waals surface area contributed by atoms with E-state index in [9.17, 15) is 0 Å². The first kappa shape index (κ1) is 14.1. The number of nitrogens with one attached hydrogen (secondary N) is 1. The molecular weight excluding hydrogens is 250 g/mol. The molecule has 0 unspecified atom stereocenters. The summed E-state index contributed by atoms with van der Waals surface area (Å²) in [6.45, 7) is 2.87. The SMILES string of the molecule is CCc1cc(CN(C)c2cccc(C(=N)N)c2)n(C)n1. The fourth-order valence-electron chi connectivity index (χ4n) is 2.14. The van der Waals surface area contributed by atoms with Crippen molar-refractivity contribution < 1.29 is 0 Å². The number of anilines is 1. The molecule has 0 bridgehead atoms. The van der Waals surface area contributed by atoms with Crippen molar-refractivity contribution in [2.24, 2.45) is 12.8 Å². The number of nitrogen functional groups attached to an aromatic ring is 1. The van der Waals surface area contributed by atoms with E-state index in [1.807, 2.05) is 43.0 Å². The van der Waals surface area contributed by atoms with Crippen LogP contribution >= 0.6 is 0 Å². The highest BCUT2D eigenvalue weighted by Crippen LogP contribution is 2.17. The van der Waals surface area contributed by atoms with Gasteiger partial charge >= 0.3 is 0 Å². The second kappa shape index (κ2) is 5.77. The monoisotopic (exact) mass is 271 g/mol. The average Bonchev–Trinajstić information content (AvgIpc) is 2.79. The van der Waals surface area contributed by atoms with Gasteiger partial charge in [0.1, 0.15) is 5.84 Å². The predicted molar refractivity (Wildman–Crippen MR) is 82.2 cm³/mol. The van der Waals surface area contributed by atoms with Crippen molar-refractivity contribution >= 4 is 11.5 Å². The average molecular weight is 271 g/mol. The van der Waals surface area contributed by atoms with Gasteiger partial charge in [0.2, 0.25) is 0 Å². The van der Waals surface area contributed by atoms with E-state index in [0.717, 1.165) is 35.6 Å². The summed E-state index contributed by atoms with van der Waals surface area (Å²) in [5, 5.41) is 12.0. The quantitative estimate of drug-likeness (QED) is 0.644. The Bertz CT molecular complexity index is 614. The first-order valence-corrected chi connectivity index (χ1v) is 6.68. The number of hydrogen-bond donors (Lipinski definition) is 2. The van der Waals surface area contributed by atoms with Crippen LogP contribution in [0.15, 0.2) is 30.3 Å². The lowest BCUT2D eigenvalue weighted by atomic mass is 10.1. The number of aromatic nitrogens is 2. The Balaban J connectivity index is 2.18. The van der Waals surface area contributed by atoms with Crippen LogP contribution in [0.5, 0.6) is 0 Å². The fraction of sp³-hybridized carbons (Fsp3) is 0.333. The smallest absolute Gasteiger partial charge is 0.122 e. The molecule has 0 atom stereocenters. The maximum absolute atomic E-state index is 7.50. The van der Waals surface area contributed by atoms with E-state index in [4.69, 9.17) is 11.1 Å². The molecule has 0 saturated carbocycles. The summed E-state index contributed by atoms with van der Waals surface area (Å²) in [6.07, 6.45) is 0.942. The van der Waals surface area contributed by atoms with Crippen molar-refractivity contribution in [2.45, 2.75) is 19.9 Å². The van der Waals surface area contributed by atoms with Gasteiger partial charge in [-0.15, -0.1) is 0 Å². The summed E-state index contributed by atoms with van der Waals surface area (Å²) in [5.41, 5.74) is 9.58. The number of rotatable bonds is 5. The number of aryl methyl sites for hydroxylation is 2. The fourth-order valence-corrected chi connectivity index (χ4v) is 2.14. The van der Waals surface area contributed by atoms with Crippen molar-refractivity contribution in [3.8, 4) is 0 Å². The van der Waals surface area contributed by atoms with Gasteiger partial charge in [0, 0.05) is 25.3 Å². The molecule has 1 aromatic heterocycles. The first-order chi connectivity index (χ1) is 9.51. The molecule has 0 amide bonds. The second-order valence-corrected chi connectivity index (χ2v) is 4.92. The summed E-state index contributed by atoms with van der Waals surface area (Å²) in [5.74, 6) is 0.0917. The van der Waals surface area contributed by atoms with Crippen LogP contribution in [0.1, 0.15) is 23.9 Å². The number of amidine groups is 1. The molecule has 106 valence electrons. The predicted octanol–water partition coefficient (Wildman–Crippen LogP) is 1.90. The van der Waals surface area contributed by atoms with E-state index in [0.29, 0.717) is 0 Å². The molecule has 0 fully saturated rings. The zero-order chi connectivity index (χ0) is 14.7. The van der Waals surface area contributed by atoms with Crippen LogP contribution in [0.4, 0.5) is 5.69 Å². The van der Waals surface area contributed by atoms with E-state index < -0.39 is 0 Å². The highest BCUT2D eigenvalue weighted by Gasteiger charge is 2.08. The van der Waals surface area contributed by atoms with Crippen LogP contribution in [-0.2, 0) is 20.0 Å². The minimum atomic E-state index is 0.0917. The topological polar surface area (TPSA) is 70.9 Å². The standard InChI is InChI=1S/C15H21N5/c1-4-12-9-14(20(3)18-12)10-19(2)13-7-5-6-11(8-13)15(16)17/h5-9H,4,10H2,1-3H3,(H3,16,17). The second-order valence-electron chi connectivity index (χ2n) is 4.92. The molecule has 20 heavy (non-hydrogen) atoms. The first-order valence-electron chi connectivity index (χ1n) is 6.68. The lowest BCUT2D eigenvalue weighted by Gasteiger charge is -2.20. The van der Waals surface area contributed by atoms with Gasteiger partial charge in [-0.1, -0.05) is 19.1 Å². The Labute approximate surface area is 119 Å². The van der Waals surface area contributed by atoms with Crippen molar-refractivity contribution in [1.82, 2.24) is 9.78 Å². The van der Waals surface area contributed by atoms with Crippen molar-refractivity contribution in [3.63, 3.8) is 0 Å². The van der Waals surface area contributed by atoms with Gasteiger partial charge in [-0.25, -0.2) is 0 Å². The van der Waals surface area contributed by atoms with E-state index in [2.05, 4.69) is 23.0 Å². The summed E-state index contributed by atoms with van der Waals surface area (Å²) in [4.78, 5) is 2.13. The van der Waals surface area contributed by atoms with Gasteiger partial charge in [0.25, 0.3) is 0 Å². The lowest BCUT2D eigenvalue weighted by molar-refractivity contribution is 0.689. The Morgan fingerprint density at radius 3 is 2.75 bits per heavy atom. The number of nitrogens with zero attached hydrogens (tertiary/aromatic N) is 3. The van der Waals surface area contributed by atoms with Gasteiger partial charge in [0.15, 0.2) is 0 Å². The van der Waals surface area contributed by atoms with Gasteiger partial charge in [-0.3, -0.25) is 10.1 Å². The van der Waals surface area contributed by atoms with Crippen LogP contribution in [0, 0.1) is 5.41 Å². The Morgan fingerprint density at radius 2 is 2.15 bits per heavy atom. The van der Waals surface area contributed by atoms with Crippen LogP contribution in [0.2, 0.25) is 0 Å². The van der Waals surface area contributed by atoms with E-state index in [1.54, 1.807) is 0 Å². The lowest BCUT2D eigenvalue weighted by Crippen LogP contribution is -2.19. The molecule has 0 saturated heterocycles. The minimum absolute atomic E-state index is 0.0917. The molecule has 2 aromatic rings. The third kappa shape index (κ3) is 2.99. The van der Waals surface area contributed by atoms with E-state index in [1.165, 1.54) is 0 Å². The molecular formula is C15H21N5. The maximum Gasteiger partial charge on any atom is 0.122 e. The molecule has 0 spiro atoms. The minimum Gasteiger partial charge on any atom is -0.384 e. The molecule has 3 N–H and O–H groups in total. The Morgan fingerprint density at radius 1 is 1.40 bits per heavy atom. The third-order valence-electron chi connectivity index (χ3n) is 3.39. The van der Waals surface area contributed by atoms with Gasteiger partial charge in [0.05, 0.1) is 17.9 Å².